The monoisotopic (exact) mass is 448 g/mol. The summed E-state index contributed by atoms with van der Waals surface area (Å²) in [7, 11) is 0. The highest BCUT2D eigenvalue weighted by Gasteiger charge is 2.32. The molecule has 1 heterocycles. The molecule has 1 aliphatic carbocycles. The van der Waals surface area contributed by atoms with Crippen molar-refractivity contribution in [1.82, 2.24) is 0 Å². The molecule has 2 atom stereocenters. The second-order valence-corrected chi connectivity index (χ2v) is 8.89. The molecule has 2 aliphatic rings. The lowest BCUT2D eigenvalue weighted by Crippen LogP contribution is -2.07. The van der Waals surface area contributed by atoms with Crippen LogP contribution >= 0.6 is 0 Å². The van der Waals surface area contributed by atoms with Gasteiger partial charge in [-0.15, -0.1) is 0 Å². The molecule has 0 amide bonds. The predicted octanol–water partition coefficient (Wildman–Crippen LogP) is 5.83. The number of aryl methyl sites for hydroxylation is 2. The molecule has 3 aromatic rings. The van der Waals surface area contributed by atoms with Crippen LogP contribution in [0.25, 0.3) is 11.1 Å². The average molecular weight is 448 g/mol. The summed E-state index contributed by atoms with van der Waals surface area (Å²) in [6.45, 7) is 4.23. The third-order valence-electron chi connectivity index (χ3n) is 6.63. The number of carbonyl (C=O) groups is 1. The fraction of sp³-hybridized carbons (Fsp3) is 0.296. The van der Waals surface area contributed by atoms with Gasteiger partial charge in [-0.25, -0.2) is 4.39 Å². The third-order valence-corrected chi connectivity index (χ3v) is 6.63. The van der Waals surface area contributed by atoms with Crippen molar-refractivity contribution >= 4 is 5.97 Å². The molecule has 0 unspecified atom stereocenters. The summed E-state index contributed by atoms with van der Waals surface area (Å²) in [6.07, 6.45) is 0.938. The van der Waals surface area contributed by atoms with E-state index in [-0.39, 0.29) is 23.9 Å². The van der Waals surface area contributed by atoms with E-state index in [9.17, 15) is 14.3 Å². The number of phenols is 1. The summed E-state index contributed by atoms with van der Waals surface area (Å²) in [5.41, 5.74) is 6.25. The number of carboxylic acid groups (broad SMARTS) is 1. The van der Waals surface area contributed by atoms with E-state index in [4.69, 9.17) is 14.6 Å². The largest absolute Gasteiger partial charge is 0.508 e. The molecule has 6 heteroatoms. The van der Waals surface area contributed by atoms with E-state index >= 15 is 0 Å². The SMILES string of the molecule is Cc1cc(O)cc(C)c1-c1ccc(F)c2c1CC[C@H]2Oc1ccc2c(c1)OC[C@H]2CC(=O)O. The molecular formula is C27H25FO5. The lowest BCUT2D eigenvalue weighted by molar-refractivity contribution is -0.137. The van der Waals surface area contributed by atoms with Crippen LogP contribution < -0.4 is 9.47 Å². The lowest BCUT2D eigenvalue weighted by atomic mass is 9.90. The highest BCUT2D eigenvalue weighted by Crippen LogP contribution is 2.45. The number of hydrogen-bond acceptors (Lipinski definition) is 4. The molecule has 5 nitrogen and oxygen atoms in total. The van der Waals surface area contributed by atoms with Crippen molar-refractivity contribution in [3.05, 3.63) is 76.1 Å². The first-order chi connectivity index (χ1) is 15.8. The van der Waals surface area contributed by atoms with Gasteiger partial charge in [-0.05, 0) is 78.8 Å². The van der Waals surface area contributed by atoms with E-state index in [1.807, 2.05) is 26.0 Å². The fourth-order valence-electron chi connectivity index (χ4n) is 5.27. The highest BCUT2D eigenvalue weighted by atomic mass is 19.1. The smallest absolute Gasteiger partial charge is 0.304 e. The molecule has 0 aromatic heterocycles. The molecule has 0 fully saturated rings. The normalized spacial score (nSPS) is 18.5. The van der Waals surface area contributed by atoms with Gasteiger partial charge in [-0.3, -0.25) is 4.79 Å². The summed E-state index contributed by atoms with van der Waals surface area (Å²) < 4.78 is 26.9. The first-order valence-corrected chi connectivity index (χ1v) is 11.1. The molecule has 33 heavy (non-hydrogen) atoms. The summed E-state index contributed by atoms with van der Waals surface area (Å²) in [6, 6.07) is 12.2. The van der Waals surface area contributed by atoms with Crippen molar-refractivity contribution < 1.29 is 28.9 Å². The summed E-state index contributed by atoms with van der Waals surface area (Å²) in [4.78, 5) is 11.1. The molecule has 1 aliphatic heterocycles. The van der Waals surface area contributed by atoms with Gasteiger partial charge in [0.05, 0.1) is 13.0 Å². The number of ether oxygens (including phenoxy) is 2. The third kappa shape index (κ3) is 3.80. The molecule has 0 saturated heterocycles. The minimum Gasteiger partial charge on any atom is -0.508 e. The van der Waals surface area contributed by atoms with Crippen molar-refractivity contribution in [3.8, 4) is 28.4 Å². The van der Waals surface area contributed by atoms with Crippen LogP contribution in [0.3, 0.4) is 0 Å². The number of benzene rings is 3. The Kier molecular flexibility index (Phi) is 5.23. The van der Waals surface area contributed by atoms with Crippen molar-refractivity contribution in [2.75, 3.05) is 6.61 Å². The molecular weight excluding hydrogens is 423 g/mol. The Morgan fingerprint density at radius 1 is 1.15 bits per heavy atom. The van der Waals surface area contributed by atoms with Crippen molar-refractivity contribution in [3.63, 3.8) is 0 Å². The number of rotatable bonds is 5. The van der Waals surface area contributed by atoms with Gasteiger partial charge in [-0.1, -0.05) is 12.1 Å². The summed E-state index contributed by atoms with van der Waals surface area (Å²) >= 11 is 0. The Bertz CT molecular complexity index is 1240. The molecule has 0 radical (unpaired) electrons. The van der Waals surface area contributed by atoms with E-state index < -0.39 is 12.1 Å². The number of aliphatic carboxylic acids is 1. The molecule has 0 saturated carbocycles. The Morgan fingerprint density at radius 2 is 1.91 bits per heavy atom. The Hall–Kier alpha value is -3.54. The van der Waals surface area contributed by atoms with Gasteiger partial charge in [0.2, 0.25) is 0 Å². The Labute approximate surface area is 191 Å². The van der Waals surface area contributed by atoms with Crippen molar-refractivity contribution in [1.29, 1.82) is 0 Å². The topological polar surface area (TPSA) is 76.0 Å². The van der Waals surface area contributed by atoms with Crippen LogP contribution in [0.1, 0.15) is 52.7 Å². The molecule has 2 N–H and O–H groups in total. The average Bonchev–Trinajstić information content (AvgIpc) is 3.33. The zero-order valence-electron chi connectivity index (χ0n) is 18.5. The molecule has 170 valence electrons. The van der Waals surface area contributed by atoms with Gasteiger partial charge in [0, 0.05) is 23.1 Å². The maximum Gasteiger partial charge on any atom is 0.304 e. The molecule has 5 rings (SSSR count). The lowest BCUT2D eigenvalue weighted by Gasteiger charge is -2.18. The minimum absolute atomic E-state index is 0.0211. The number of carboxylic acids is 1. The Morgan fingerprint density at radius 3 is 2.64 bits per heavy atom. The maximum absolute atomic E-state index is 15.0. The van der Waals surface area contributed by atoms with E-state index in [0.717, 1.165) is 33.4 Å². The number of aromatic hydroxyl groups is 1. The quantitative estimate of drug-likeness (QED) is 0.513. The second-order valence-electron chi connectivity index (χ2n) is 8.89. The van der Waals surface area contributed by atoms with E-state index in [1.54, 1.807) is 24.3 Å². The van der Waals surface area contributed by atoms with E-state index in [2.05, 4.69) is 0 Å². The number of hydrogen-bond donors (Lipinski definition) is 2. The summed E-state index contributed by atoms with van der Waals surface area (Å²) in [5.74, 6) is 0.105. The van der Waals surface area contributed by atoms with Gasteiger partial charge >= 0.3 is 5.97 Å². The van der Waals surface area contributed by atoms with E-state index in [0.29, 0.717) is 36.5 Å². The zero-order chi connectivity index (χ0) is 23.3. The van der Waals surface area contributed by atoms with Crippen molar-refractivity contribution in [2.24, 2.45) is 0 Å². The minimum atomic E-state index is -0.857. The summed E-state index contributed by atoms with van der Waals surface area (Å²) in [5, 5.41) is 19.0. The van der Waals surface area contributed by atoms with Crippen LogP contribution in [0.5, 0.6) is 17.2 Å². The van der Waals surface area contributed by atoms with Crippen LogP contribution in [0.2, 0.25) is 0 Å². The standard InChI is InChI=1S/C27H25FO5/c1-14-9-17(29)10-15(2)26(14)20-5-7-22(28)27-21(20)6-8-23(27)33-18-3-4-19-16(11-25(30)31)13-32-24(19)12-18/h3-5,7,9-10,12,16,23,29H,6,8,11,13H2,1-2H3,(H,30,31)/t16-,23-/m1/s1. The Balaban J connectivity index is 1.46. The first kappa shape index (κ1) is 21.3. The number of halogens is 1. The van der Waals surface area contributed by atoms with E-state index in [1.165, 1.54) is 6.07 Å². The first-order valence-electron chi connectivity index (χ1n) is 11.1. The van der Waals surface area contributed by atoms with Crippen LogP contribution in [0.4, 0.5) is 4.39 Å². The molecule has 0 bridgehead atoms. The number of fused-ring (bicyclic) bond motifs is 2. The van der Waals surface area contributed by atoms with Crippen LogP contribution in [-0.4, -0.2) is 22.8 Å². The maximum atomic E-state index is 15.0. The van der Waals surface area contributed by atoms with Crippen LogP contribution in [0.15, 0.2) is 42.5 Å². The molecule has 3 aromatic carbocycles. The second kappa shape index (κ2) is 8.10. The zero-order valence-corrected chi connectivity index (χ0v) is 18.5. The van der Waals surface area contributed by atoms with Crippen LogP contribution in [-0.2, 0) is 11.2 Å². The predicted molar refractivity (Wildman–Crippen MR) is 122 cm³/mol. The number of phenolic OH excluding ortho intramolecular Hbond substituents is 1. The van der Waals surface area contributed by atoms with Gasteiger partial charge in [-0.2, -0.15) is 0 Å². The fourth-order valence-corrected chi connectivity index (χ4v) is 5.27. The van der Waals surface area contributed by atoms with Gasteiger partial charge < -0.3 is 19.7 Å². The van der Waals surface area contributed by atoms with Gasteiger partial charge in [0.1, 0.15) is 29.2 Å². The van der Waals surface area contributed by atoms with Gasteiger partial charge in [0.25, 0.3) is 0 Å². The van der Waals surface area contributed by atoms with Gasteiger partial charge in [0.15, 0.2) is 0 Å². The van der Waals surface area contributed by atoms with Crippen molar-refractivity contribution in [2.45, 2.75) is 45.1 Å². The van der Waals surface area contributed by atoms with Crippen LogP contribution in [0, 0.1) is 19.7 Å². The molecule has 0 spiro atoms. The highest BCUT2D eigenvalue weighted by molar-refractivity contribution is 5.76.